The van der Waals surface area contributed by atoms with Crippen molar-refractivity contribution in [2.45, 2.75) is 102 Å². The minimum atomic E-state index is -1.42. The van der Waals surface area contributed by atoms with Gasteiger partial charge in [-0.25, -0.2) is 0 Å². The largest absolute Gasteiger partial charge is 0.481 e. The van der Waals surface area contributed by atoms with Gasteiger partial charge in [0.2, 0.25) is 0 Å². The van der Waals surface area contributed by atoms with Crippen molar-refractivity contribution < 1.29 is 39.8 Å². The SMILES string of the molecule is C[C@@]12CCC[C@@](C)(C(=O)O)[C@H]1CC[C@@]13C[C@@H](CC[C@H]12)[C@H](CO[C@@H]1O[C@H](CO)[C@@H](O)[C@H](O)[C@H]1O)C3. The van der Waals surface area contributed by atoms with Crippen LogP contribution in [0.25, 0.3) is 0 Å². The third-order valence-corrected chi connectivity index (χ3v) is 11.1. The van der Waals surface area contributed by atoms with Crippen LogP contribution in [0.1, 0.15) is 71.6 Å². The molecule has 194 valence electrons. The average molecular weight is 483 g/mol. The van der Waals surface area contributed by atoms with Gasteiger partial charge in [-0.3, -0.25) is 4.79 Å². The number of aliphatic carboxylic acids is 1. The fourth-order valence-electron chi connectivity index (χ4n) is 9.46. The number of hydrogen-bond acceptors (Lipinski definition) is 7. The van der Waals surface area contributed by atoms with Crippen molar-refractivity contribution in [2.75, 3.05) is 13.2 Å². The molecule has 1 heterocycles. The van der Waals surface area contributed by atoms with E-state index in [1.807, 2.05) is 6.92 Å². The lowest BCUT2D eigenvalue weighted by molar-refractivity contribution is -0.303. The molecule has 12 atom stereocenters. The smallest absolute Gasteiger partial charge is 0.309 e. The van der Waals surface area contributed by atoms with E-state index in [0.717, 1.165) is 57.8 Å². The monoisotopic (exact) mass is 482 g/mol. The number of ether oxygens (including phenoxy) is 2. The Morgan fingerprint density at radius 1 is 0.971 bits per heavy atom. The van der Waals surface area contributed by atoms with Crippen LogP contribution in [0.15, 0.2) is 0 Å². The fourth-order valence-corrected chi connectivity index (χ4v) is 9.46. The highest BCUT2D eigenvalue weighted by molar-refractivity contribution is 5.75. The third-order valence-electron chi connectivity index (χ3n) is 11.1. The fraction of sp³-hybridized carbons (Fsp3) is 0.962. The molecule has 0 aromatic rings. The van der Waals surface area contributed by atoms with E-state index in [4.69, 9.17) is 9.47 Å². The highest BCUT2D eigenvalue weighted by atomic mass is 16.7. The zero-order valence-electron chi connectivity index (χ0n) is 20.4. The van der Waals surface area contributed by atoms with E-state index in [-0.39, 0.29) is 16.7 Å². The van der Waals surface area contributed by atoms with Gasteiger partial charge in [-0.1, -0.05) is 13.3 Å². The van der Waals surface area contributed by atoms with Gasteiger partial charge in [0.15, 0.2) is 6.29 Å². The Morgan fingerprint density at radius 2 is 1.74 bits per heavy atom. The van der Waals surface area contributed by atoms with Crippen LogP contribution >= 0.6 is 0 Å². The molecule has 5 rings (SSSR count). The lowest BCUT2D eigenvalue weighted by atomic mass is 9.41. The van der Waals surface area contributed by atoms with E-state index in [2.05, 4.69) is 6.92 Å². The molecule has 5 N–H and O–H groups in total. The normalized spacial score (nSPS) is 54.8. The van der Waals surface area contributed by atoms with E-state index >= 15 is 0 Å². The molecule has 1 spiro atoms. The predicted molar refractivity (Wildman–Crippen MR) is 122 cm³/mol. The zero-order valence-corrected chi connectivity index (χ0v) is 20.4. The maximum atomic E-state index is 12.3. The molecule has 4 aliphatic carbocycles. The van der Waals surface area contributed by atoms with Crippen molar-refractivity contribution in [2.24, 2.45) is 39.9 Å². The number of hydrogen-bond donors (Lipinski definition) is 5. The van der Waals surface area contributed by atoms with Crippen LogP contribution in [0, 0.1) is 39.9 Å². The molecule has 1 aliphatic heterocycles. The standard InChI is InChI=1S/C26H42O8/c1-24-7-3-8-25(2,23(31)32)17(24)6-9-26-10-14(4-5-18(24)26)15(11-26)13-33-22-21(30)20(29)19(28)16(12-27)34-22/h14-22,27-30H,3-13H2,1-2H3,(H,31,32)/t14-,15+,16-,17+,18+,19-,20+,21-,22-,24-,25-,26+/m1/s1. The van der Waals surface area contributed by atoms with E-state index in [0.29, 0.717) is 24.4 Å². The molecule has 0 aromatic heterocycles. The molecule has 2 bridgehead atoms. The highest BCUT2D eigenvalue weighted by Gasteiger charge is 2.65. The molecule has 5 fully saturated rings. The van der Waals surface area contributed by atoms with Crippen LogP contribution in [0.2, 0.25) is 0 Å². The van der Waals surface area contributed by atoms with Gasteiger partial charge in [-0.15, -0.1) is 0 Å². The molecule has 0 aromatic carbocycles. The summed E-state index contributed by atoms with van der Waals surface area (Å²) in [6.07, 6.45) is 3.18. The number of carboxylic acids is 1. The Kier molecular flexibility index (Phi) is 6.35. The summed E-state index contributed by atoms with van der Waals surface area (Å²) in [6, 6.07) is 0. The van der Waals surface area contributed by atoms with Crippen LogP contribution < -0.4 is 0 Å². The van der Waals surface area contributed by atoms with Crippen LogP contribution in [-0.4, -0.2) is 75.4 Å². The molecule has 0 amide bonds. The quantitative estimate of drug-likeness (QED) is 0.401. The van der Waals surface area contributed by atoms with E-state index in [9.17, 15) is 30.3 Å². The van der Waals surface area contributed by atoms with Crippen LogP contribution in [0.5, 0.6) is 0 Å². The summed E-state index contributed by atoms with van der Waals surface area (Å²) in [5.41, 5.74) is -0.342. The molecule has 8 nitrogen and oxygen atoms in total. The van der Waals surface area contributed by atoms with Crippen molar-refractivity contribution in [1.29, 1.82) is 0 Å². The predicted octanol–water partition coefficient (Wildman–Crippen LogP) is 1.92. The van der Waals surface area contributed by atoms with Crippen molar-refractivity contribution in [3.05, 3.63) is 0 Å². The molecule has 1 saturated heterocycles. The molecule has 5 aliphatic rings. The lowest BCUT2D eigenvalue weighted by Crippen LogP contribution is -2.59. The molecule has 8 heteroatoms. The highest BCUT2D eigenvalue weighted by Crippen LogP contribution is 2.72. The first kappa shape index (κ1) is 24.9. The topological polar surface area (TPSA) is 137 Å². The first-order chi connectivity index (χ1) is 16.1. The Labute approximate surface area is 201 Å². The minimum absolute atomic E-state index is 0.0572. The summed E-state index contributed by atoms with van der Waals surface area (Å²) in [6.45, 7) is 4.31. The average Bonchev–Trinajstić information content (AvgIpc) is 3.06. The number of fused-ring (bicyclic) bond motifs is 3. The van der Waals surface area contributed by atoms with Crippen molar-refractivity contribution in [1.82, 2.24) is 0 Å². The van der Waals surface area contributed by atoms with Crippen molar-refractivity contribution in [3.63, 3.8) is 0 Å². The Balaban J connectivity index is 1.29. The van der Waals surface area contributed by atoms with Gasteiger partial charge in [0.25, 0.3) is 0 Å². The molecule has 34 heavy (non-hydrogen) atoms. The lowest BCUT2D eigenvalue weighted by Gasteiger charge is -2.63. The maximum absolute atomic E-state index is 12.3. The third kappa shape index (κ3) is 3.58. The molecular formula is C26H42O8. The summed E-state index contributed by atoms with van der Waals surface area (Å²) < 4.78 is 11.5. The second-order valence-electron chi connectivity index (χ2n) is 12.6. The number of rotatable bonds is 5. The van der Waals surface area contributed by atoms with Gasteiger partial charge in [-0.2, -0.15) is 0 Å². The van der Waals surface area contributed by atoms with Crippen molar-refractivity contribution in [3.8, 4) is 0 Å². The molecule has 0 radical (unpaired) electrons. The number of carboxylic acid groups (broad SMARTS) is 1. The van der Waals surface area contributed by atoms with Crippen LogP contribution in [0.4, 0.5) is 0 Å². The second-order valence-corrected chi connectivity index (χ2v) is 12.6. The Morgan fingerprint density at radius 3 is 2.44 bits per heavy atom. The molecule has 4 saturated carbocycles. The second kappa shape index (κ2) is 8.67. The Bertz CT molecular complexity index is 789. The van der Waals surface area contributed by atoms with Crippen LogP contribution in [0.3, 0.4) is 0 Å². The number of aliphatic hydroxyl groups excluding tert-OH is 4. The molecular weight excluding hydrogens is 440 g/mol. The summed E-state index contributed by atoms with van der Waals surface area (Å²) in [5, 5.41) is 50.0. The zero-order chi connectivity index (χ0) is 24.5. The summed E-state index contributed by atoms with van der Waals surface area (Å²) in [5.74, 6) is 0.988. The van der Waals surface area contributed by atoms with Gasteiger partial charge in [0.1, 0.15) is 24.4 Å². The summed E-state index contributed by atoms with van der Waals surface area (Å²) in [7, 11) is 0. The van der Waals surface area contributed by atoms with Crippen LogP contribution in [-0.2, 0) is 14.3 Å². The first-order valence-electron chi connectivity index (χ1n) is 13.2. The number of aliphatic hydroxyl groups is 4. The summed E-state index contributed by atoms with van der Waals surface area (Å²) in [4.78, 5) is 12.3. The maximum Gasteiger partial charge on any atom is 0.309 e. The van der Waals surface area contributed by atoms with Crippen molar-refractivity contribution >= 4 is 5.97 Å². The van der Waals surface area contributed by atoms with Gasteiger partial charge in [-0.05, 0) is 92.8 Å². The van der Waals surface area contributed by atoms with Gasteiger partial charge in [0.05, 0.1) is 18.6 Å². The minimum Gasteiger partial charge on any atom is -0.481 e. The Hall–Kier alpha value is -0.770. The van der Waals surface area contributed by atoms with E-state index in [1.165, 1.54) is 0 Å². The first-order valence-corrected chi connectivity index (χ1v) is 13.2. The summed E-state index contributed by atoms with van der Waals surface area (Å²) >= 11 is 0. The molecule has 0 unspecified atom stereocenters. The number of carbonyl (C=O) groups is 1. The van der Waals surface area contributed by atoms with E-state index in [1.54, 1.807) is 0 Å². The van der Waals surface area contributed by atoms with Gasteiger partial charge >= 0.3 is 5.97 Å². The van der Waals surface area contributed by atoms with E-state index < -0.39 is 48.7 Å². The van der Waals surface area contributed by atoms with Gasteiger partial charge < -0.3 is 35.0 Å². The van der Waals surface area contributed by atoms with Gasteiger partial charge in [0, 0.05) is 0 Å².